The van der Waals surface area contributed by atoms with Gasteiger partial charge in [0, 0.05) is 23.0 Å². The Bertz CT molecular complexity index is 936. The van der Waals surface area contributed by atoms with Gasteiger partial charge in [-0.2, -0.15) is 0 Å². The van der Waals surface area contributed by atoms with E-state index < -0.39 is 0 Å². The number of hydrogen-bond acceptors (Lipinski definition) is 2. The number of rotatable bonds is 2. The molecule has 1 aromatic heterocycles. The minimum absolute atomic E-state index is 0.0145. The highest BCUT2D eigenvalue weighted by Gasteiger charge is 2.60. The maximum Gasteiger partial charge on any atom is 0.267 e. The van der Waals surface area contributed by atoms with Crippen LogP contribution >= 0.6 is 0 Å². The lowest BCUT2D eigenvalue weighted by Gasteiger charge is -2.36. The second kappa shape index (κ2) is 4.36. The van der Waals surface area contributed by atoms with E-state index in [1.807, 2.05) is 24.3 Å². The molecular formula is C19H19N3O. The molecule has 4 nitrogen and oxygen atoms in total. The van der Waals surface area contributed by atoms with Gasteiger partial charge in [-0.3, -0.25) is 4.79 Å². The zero-order valence-electron chi connectivity index (χ0n) is 12.8. The van der Waals surface area contributed by atoms with E-state index in [2.05, 4.69) is 28.5 Å². The predicted molar refractivity (Wildman–Crippen MR) is 91.3 cm³/mol. The first kappa shape index (κ1) is 13.1. The van der Waals surface area contributed by atoms with Crippen LogP contribution < -0.4 is 11.1 Å². The number of carbonyl (C=O) groups is 1. The topological polar surface area (TPSA) is 70.9 Å². The number of nitrogens with one attached hydrogen (secondary N) is 2. The van der Waals surface area contributed by atoms with Crippen molar-refractivity contribution >= 4 is 27.6 Å². The fraction of sp³-hybridized carbons (Fsp3) is 0.316. The lowest BCUT2D eigenvalue weighted by atomic mass is 9.76. The molecule has 0 radical (unpaired) electrons. The van der Waals surface area contributed by atoms with E-state index in [4.69, 9.17) is 5.73 Å². The first-order valence-electron chi connectivity index (χ1n) is 8.22. The molecular weight excluding hydrogens is 286 g/mol. The second-order valence-corrected chi connectivity index (χ2v) is 7.18. The number of fused-ring (bicyclic) bond motifs is 3. The molecule has 2 aliphatic rings. The van der Waals surface area contributed by atoms with Crippen LogP contribution in [0.4, 0.5) is 0 Å². The van der Waals surface area contributed by atoms with E-state index in [0.717, 1.165) is 30.2 Å². The maximum absolute atomic E-state index is 12.5. The Morgan fingerprint density at radius 1 is 1.13 bits per heavy atom. The molecule has 1 amide bonds. The van der Waals surface area contributed by atoms with Crippen molar-refractivity contribution in [1.29, 1.82) is 0 Å². The van der Waals surface area contributed by atoms with Crippen LogP contribution in [0, 0.1) is 5.41 Å². The number of benzene rings is 2. The van der Waals surface area contributed by atoms with Crippen LogP contribution in [0.5, 0.6) is 0 Å². The van der Waals surface area contributed by atoms with Crippen molar-refractivity contribution < 1.29 is 4.79 Å². The van der Waals surface area contributed by atoms with E-state index in [9.17, 15) is 4.79 Å². The lowest BCUT2D eigenvalue weighted by molar-refractivity contribution is 0.0869. The Kier molecular flexibility index (Phi) is 2.49. The van der Waals surface area contributed by atoms with E-state index in [0.29, 0.717) is 17.2 Å². The fourth-order valence-electron chi connectivity index (χ4n) is 4.14. The molecule has 1 atom stereocenters. The smallest absolute Gasteiger partial charge is 0.267 e. The fourth-order valence-corrected chi connectivity index (χ4v) is 4.14. The standard InChI is InChI=1S/C19H19N3O/c20-17-10-19(17)8-12(9-19)21-18(23)16-7-14-13-4-2-1-3-11(13)5-6-15(14)22-16/h1-7,12,17,22H,8-10,20H2,(H,21,23). The van der Waals surface area contributed by atoms with Crippen molar-refractivity contribution in [1.82, 2.24) is 10.3 Å². The Balaban J connectivity index is 1.42. The molecule has 1 spiro atoms. The van der Waals surface area contributed by atoms with Crippen LogP contribution in [0.15, 0.2) is 42.5 Å². The van der Waals surface area contributed by atoms with Gasteiger partial charge in [-0.05, 0) is 47.6 Å². The van der Waals surface area contributed by atoms with Crippen molar-refractivity contribution in [2.24, 2.45) is 11.1 Å². The number of amides is 1. The normalized spacial score (nSPS) is 28.9. The van der Waals surface area contributed by atoms with Crippen LogP contribution in [0.25, 0.3) is 21.7 Å². The van der Waals surface area contributed by atoms with Gasteiger partial charge in [0.15, 0.2) is 0 Å². The van der Waals surface area contributed by atoms with Gasteiger partial charge < -0.3 is 16.0 Å². The van der Waals surface area contributed by atoms with Gasteiger partial charge in [0.25, 0.3) is 5.91 Å². The molecule has 1 heterocycles. The van der Waals surface area contributed by atoms with Crippen LogP contribution in [0.1, 0.15) is 29.8 Å². The third-order valence-electron chi connectivity index (χ3n) is 5.67. The van der Waals surface area contributed by atoms with E-state index in [-0.39, 0.29) is 11.9 Å². The number of aromatic nitrogens is 1. The van der Waals surface area contributed by atoms with E-state index in [1.165, 1.54) is 10.8 Å². The number of nitrogens with two attached hydrogens (primary N) is 1. The molecule has 2 fully saturated rings. The molecule has 3 aromatic rings. The number of carbonyl (C=O) groups excluding carboxylic acids is 1. The summed E-state index contributed by atoms with van der Waals surface area (Å²) in [6.45, 7) is 0. The number of hydrogen-bond donors (Lipinski definition) is 3. The van der Waals surface area contributed by atoms with Gasteiger partial charge >= 0.3 is 0 Å². The minimum atomic E-state index is -0.0145. The quantitative estimate of drug-likeness (QED) is 0.681. The molecule has 2 saturated carbocycles. The lowest BCUT2D eigenvalue weighted by Crippen LogP contribution is -2.47. The molecule has 4 heteroatoms. The average Bonchev–Trinajstić information content (AvgIpc) is 3.01. The van der Waals surface area contributed by atoms with Crippen molar-refractivity contribution in [2.75, 3.05) is 0 Å². The summed E-state index contributed by atoms with van der Waals surface area (Å²) in [5, 5.41) is 6.59. The second-order valence-electron chi connectivity index (χ2n) is 7.18. The number of aromatic amines is 1. The highest BCUT2D eigenvalue weighted by atomic mass is 16.1. The molecule has 4 N–H and O–H groups in total. The van der Waals surface area contributed by atoms with E-state index in [1.54, 1.807) is 0 Å². The Morgan fingerprint density at radius 3 is 2.70 bits per heavy atom. The van der Waals surface area contributed by atoms with Crippen LogP contribution in [-0.4, -0.2) is 23.0 Å². The summed E-state index contributed by atoms with van der Waals surface area (Å²) in [4.78, 5) is 15.7. The van der Waals surface area contributed by atoms with Gasteiger partial charge in [-0.1, -0.05) is 30.3 Å². The summed E-state index contributed by atoms with van der Waals surface area (Å²) < 4.78 is 0. The van der Waals surface area contributed by atoms with Gasteiger partial charge in [-0.15, -0.1) is 0 Å². The van der Waals surface area contributed by atoms with Gasteiger partial charge in [0.1, 0.15) is 5.69 Å². The molecule has 2 aromatic carbocycles. The summed E-state index contributed by atoms with van der Waals surface area (Å²) >= 11 is 0. The molecule has 0 saturated heterocycles. The monoisotopic (exact) mass is 305 g/mol. The third kappa shape index (κ3) is 1.91. The number of H-pyrrole nitrogens is 1. The van der Waals surface area contributed by atoms with Crippen LogP contribution in [0.2, 0.25) is 0 Å². The zero-order valence-corrected chi connectivity index (χ0v) is 12.8. The minimum Gasteiger partial charge on any atom is -0.351 e. The SMILES string of the molecule is NC1CC12CC(NC(=O)c1cc3c(ccc4ccccc43)[nH]1)C2. The Hall–Kier alpha value is -2.33. The summed E-state index contributed by atoms with van der Waals surface area (Å²) in [5.74, 6) is -0.0145. The molecule has 2 aliphatic carbocycles. The van der Waals surface area contributed by atoms with Crippen molar-refractivity contribution in [2.45, 2.75) is 31.3 Å². The molecule has 116 valence electrons. The first-order chi connectivity index (χ1) is 11.1. The highest BCUT2D eigenvalue weighted by Crippen LogP contribution is 2.59. The Labute approximate surface area is 134 Å². The summed E-state index contributed by atoms with van der Waals surface area (Å²) in [6, 6.07) is 15.0. The van der Waals surface area contributed by atoms with Crippen molar-refractivity contribution in [3.8, 4) is 0 Å². The van der Waals surface area contributed by atoms with Gasteiger partial charge in [-0.25, -0.2) is 0 Å². The average molecular weight is 305 g/mol. The van der Waals surface area contributed by atoms with Gasteiger partial charge in [0.2, 0.25) is 0 Å². The summed E-state index contributed by atoms with van der Waals surface area (Å²) in [5.41, 5.74) is 7.95. The largest absolute Gasteiger partial charge is 0.351 e. The van der Waals surface area contributed by atoms with Gasteiger partial charge in [0.05, 0.1) is 0 Å². The van der Waals surface area contributed by atoms with E-state index >= 15 is 0 Å². The molecule has 5 rings (SSSR count). The van der Waals surface area contributed by atoms with Crippen molar-refractivity contribution in [3.63, 3.8) is 0 Å². The summed E-state index contributed by atoms with van der Waals surface area (Å²) in [7, 11) is 0. The summed E-state index contributed by atoms with van der Waals surface area (Å²) in [6.07, 6.45) is 3.18. The third-order valence-corrected chi connectivity index (χ3v) is 5.67. The molecule has 0 aliphatic heterocycles. The molecule has 0 bridgehead atoms. The predicted octanol–water partition coefficient (Wildman–Crippen LogP) is 2.93. The van der Waals surface area contributed by atoms with Crippen LogP contribution in [0.3, 0.4) is 0 Å². The molecule has 1 unspecified atom stereocenters. The van der Waals surface area contributed by atoms with Crippen LogP contribution in [-0.2, 0) is 0 Å². The Morgan fingerprint density at radius 2 is 1.91 bits per heavy atom. The van der Waals surface area contributed by atoms with Crippen molar-refractivity contribution in [3.05, 3.63) is 48.2 Å². The molecule has 23 heavy (non-hydrogen) atoms. The maximum atomic E-state index is 12.5. The zero-order chi connectivity index (χ0) is 15.6. The first-order valence-corrected chi connectivity index (χ1v) is 8.22. The highest BCUT2D eigenvalue weighted by molar-refractivity contribution is 6.09.